The molecular weight excluding hydrogens is 336 g/mol. The minimum absolute atomic E-state index is 0.218. The molecule has 1 aromatic carbocycles. The van der Waals surface area contributed by atoms with E-state index >= 15 is 0 Å². The first-order chi connectivity index (χ1) is 10.0. The number of hydrogen-bond donors (Lipinski definition) is 3. The molecule has 0 atom stereocenters. The largest absolute Gasteiger partial charge is 0.481 e. The second kappa shape index (κ2) is 9.39. The van der Waals surface area contributed by atoms with Gasteiger partial charge >= 0.3 is 12.0 Å². The molecular formula is C15H21BrN2O3. The van der Waals surface area contributed by atoms with Crippen LogP contribution < -0.4 is 10.6 Å². The van der Waals surface area contributed by atoms with Gasteiger partial charge in [-0.15, -0.1) is 0 Å². The minimum Gasteiger partial charge on any atom is -0.481 e. The van der Waals surface area contributed by atoms with Gasteiger partial charge in [-0.2, -0.15) is 0 Å². The molecule has 0 aliphatic carbocycles. The monoisotopic (exact) mass is 356 g/mol. The van der Waals surface area contributed by atoms with E-state index < -0.39 is 5.97 Å². The number of amides is 2. The zero-order valence-corrected chi connectivity index (χ0v) is 13.7. The first kappa shape index (κ1) is 17.5. The Morgan fingerprint density at radius 3 is 2.62 bits per heavy atom. The summed E-state index contributed by atoms with van der Waals surface area (Å²) in [6, 6.07) is 5.43. The molecule has 116 valence electrons. The molecule has 0 aliphatic rings. The molecule has 3 N–H and O–H groups in total. The molecule has 0 unspecified atom stereocenters. The summed E-state index contributed by atoms with van der Waals surface area (Å²) in [5, 5.41) is 14.1. The zero-order valence-electron chi connectivity index (χ0n) is 12.1. The maximum absolute atomic E-state index is 11.7. The third-order valence-electron chi connectivity index (χ3n) is 3.12. The maximum Gasteiger partial charge on any atom is 0.319 e. The standard InChI is InChI=1S/C15H21BrN2O3/c1-11-12(16)7-6-8-13(11)18-15(21)17-10-5-3-2-4-9-14(19)20/h6-8H,2-5,9-10H2,1H3,(H,19,20)(H2,17,18,21). The second-order valence-electron chi connectivity index (χ2n) is 4.85. The molecule has 0 fully saturated rings. The van der Waals surface area contributed by atoms with E-state index in [9.17, 15) is 9.59 Å². The number of hydrogen-bond acceptors (Lipinski definition) is 2. The summed E-state index contributed by atoms with van der Waals surface area (Å²) in [6.45, 7) is 2.52. The highest BCUT2D eigenvalue weighted by molar-refractivity contribution is 9.10. The fourth-order valence-electron chi connectivity index (χ4n) is 1.87. The van der Waals surface area contributed by atoms with E-state index in [1.807, 2.05) is 25.1 Å². The summed E-state index contributed by atoms with van der Waals surface area (Å²) >= 11 is 3.42. The average Bonchev–Trinajstić information content (AvgIpc) is 2.42. The first-order valence-corrected chi connectivity index (χ1v) is 7.81. The minimum atomic E-state index is -0.753. The Hall–Kier alpha value is -1.56. The van der Waals surface area contributed by atoms with Crippen LogP contribution in [0, 0.1) is 6.92 Å². The van der Waals surface area contributed by atoms with Crippen molar-refractivity contribution >= 4 is 33.6 Å². The van der Waals surface area contributed by atoms with Gasteiger partial charge in [-0.25, -0.2) is 4.79 Å². The maximum atomic E-state index is 11.7. The number of rotatable bonds is 8. The summed E-state index contributed by atoms with van der Waals surface area (Å²) in [5.74, 6) is -0.753. The van der Waals surface area contributed by atoms with Gasteiger partial charge in [0.15, 0.2) is 0 Å². The number of aliphatic carboxylic acids is 1. The van der Waals surface area contributed by atoms with Gasteiger partial charge in [0.1, 0.15) is 0 Å². The van der Waals surface area contributed by atoms with Crippen LogP contribution in [0.5, 0.6) is 0 Å². The molecule has 0 saturated heterocycles. The van der Waals surface area contributed by atoms with Crippen LogP contribution in [-0.2, 0) is 4.79 Å². The SMILES string of the molecule is Cc1c(Br)cccc1NC(=O)NCCCCCCC(=O)O. The molecule has 0 bridgehead atoms. The second-order valence-corrected chi connectivity index (χ2v) is 5.71. The van der Waals surface area contributed by atoms with Gasteiger partial charge in [-0.1, -0.05) is 34.8 Å². The Kier molecular flexibility index (Phi) is 7.82. The Balaban J connectivity index is 2.17. The number of carboxylic acid groups (broad SMARTS) is 1. The number of nitrogens with one attached hydrogen (secondary N) is 2. The summed E-state index contributed by atoms with van der Waals surface area (Å²) in [4.78, 5) is 22.1. The number of halogens is 1. The van der Waals surface area contributed by atoms with Gasteiger partial charge in [0.25, 0.3) is 0 Å². The van der Waals surface area contributed by atoms with Crippen molar-refractivity contribution < 1.29 is 14.7 Å². The van der Waals surface area contributed by atoms with E-state index in [1.54, 1.807) is 0 Å². The van der Waals surface area contributed by atoms with E-state index in [-0.39, 0.29) is 12.5 Å². The molecule has 0 aromatic heterocycles. The van der Waals surface area contributed by atoms with Gasteiger partial charge in [-0.3, -0.25) is 4.79 Å². The fraction of sp³-hybridized carbons (Fsp3) is 0.467. The van der Waals surface area contributed by atoms with Crippen molar-refractivity contribution in [1.82, 2.24) is 5.32 Å². The smallest absolute Gasteiger partial charge is 0.319 e. The lowest BCUT2D eigenvalue weighted by Crippen LogP contribution is -2.29. The molecule has 1 aromatic rings. The topological polar surface area (TPSA) is 78.4 Å². The Labute approximate surface area is 133 Å². The van der Waals surface area contributed by atoms with Crippen LogP contribution in [0.1, 0.15) is 37.7 Å². The lowest BCUT2D eigenvalue weighted by molar-refractivity contribution is -0.137. The molecule has 0 saturated carbocycles. The summed E-state index contributed by atoms with van der Waals surface area (Å²) in [7, 11) is 0. The molecule has 1 rings (SSSR count). The van der Waals surface area contributed by atoms with E-state index in [2.05, 4.69) is 26.6 Å². The van der Waals surface area contributed by atoms with Crippen molar-refractivity contribution in [2.45, 2.75) is 39.0 Å². The van der Waals surface area contributed by atoms with Crippen LogP contribution in [-0.4, -0.2) is 23.7 Å². The van der Waals surface area contributed by atoms with Crippen LogP contribution in [0.15, 0.2) is 22.7 Å². The average molecular weight is 357 g/mol. The Bertz CT molecular complexity index is 492. The predicted molar refractivity (Wildman–Crippen MR) is 86.6 cm³/mol. The third kappa shape index (κ3) is 7.13. The van der Waals surface area contributed by atoms with Crippen molar-refractivity contribution in [2.24, 2.45) is 0 Å². The van der Waals surface area contributed by atoms with Crippen LogP contribution in [0.25, 0.3) is 0 Å². The highest BCUT2D eigenvalue weighted by atomic mass is 79.9. The molecule has 5 nitrogen and oxygen atoms in total. The van der Waals surface area contributed by atoms with Crippen molar-refractivity contribution in [1.29, 1.82) is 0 Å². The van der Waals surface area contributed by atoms with E-state index in [0.717, 1.165) is 35.0 Å². The lowest BCUT2D eigenvalue weighted by Gasteiger charge is -2.10. The van der Waals surface area contributed by atoms with Crippen molar-refractivity contribution in [2.75, 3.05) is 11.9 Å². The molecule has 0 spiro atoms. The first-order valence-electron chi connectivity index (χ1n) is 7.02. The van der Waals surface area contributed by atoms with Gasteiger partial charge < -0.3 is 15.7 Å². The lowest BCUT2D eigenvalue weighted by atomic mass is 10.1. The van der Waals surface area contributed by atoms with E-state index in [4.69, 9.17) is 5.11 Å². The summed E-state index contributed by atoms with van der Waals surface area (Å²) in [5.41, 5.74) is 1.77. The number of urea groups is 1. The number of benzene rings is 1. The molecule has 0 heterocycles. The number of carbonyl (C=O) groups is 2. The van der Waals surface area contributed by atoms with Crippen LogP contribution in [0.2, 0.25) is 0 Å². The van der Waals surface area contributed by atoms with Crippen molar-refractivity contribution in [3.8, 4) is 0 Å². The third-order valence-corrected chi connectivity index (χ3v) is 3.98. The molecule has 6 heteroatoms. The highest BCUT2D eigenvalue weighted by Gasteiger charge is 2.05. The van der Waals surface area contributed by atoms with Crippen LogP contribution >= 0.6 is 15.9 Å². The quantitative estimate of drug-likeness (QED) is 0.617. The molecule has 21 heavy (non-hydrogen) atoms. The predicted octanol–water partition coefficient (Wildman–Crippen LogP) is 3.91. The van der Waals surface area contributed by atoms with Crippen LogP contribution in [0.4, 0.5) is 10.5 Å². The zero-order chi connectivity index (χ0) is 15.7. The normalized spacial score (nSPS) is 10.2. The summed E-state index contributed by atoms with van der Waals surface area (Å²) in [6.07, 6.45) is 3.56. The summed E-state index contributed by atoms with van der Waals surface area (Å²) < 4.78 is 0.957. The Morgan fingerprint density at radius 1 is 1.19 bits per heavy atom. The highest BCUT2D eigenvalue weighted by Crippen LogP contribution is 2.23. The number of carboxylic acids is 1. The van der Waals surface area contributed by atoms with Gasteiger partial charge in [0.2, 0.25) is 0 Å². The fourth-order valence-corrected chi connectivity index (χ4v) is 2.23. The van der Waals surface area contributed by atoms with E-state index in [1.165, 1.54) is 0 Å². The number of carbonyl (C=O) groups excluding carboxylic acids is 1. The molecule has 0 aliphatic heterocycles. The van der Waals surface area contributed by atoms with Crippen molar-refractivity contribution in [3.05, 3.63) is 28.2 Å². The van der Waals surface area contributed by atoms with Crippen LogP contribution in [0.3, 0.4) is 0 Å². The Morgan fingerprint density at radius 2 is 1.90 bits per heavy atom. The van der Waals surface area contributed by atoms with Gasteiger partial charge in [0, 0.05) is 23.1 Å². The molecule has 0 radical (unpaired) electrons. The molecule has 2 amide bonds. The number of unbranched alkanes of at least 4 members (excludes halogenated alkanes) is 3. The number of anilines is 1. The van der Waals surface area contributed by atoms with E-state index in [0.29, 0.717) is 13.0 Å². The van der Waals surface area contributed by atoms with Gasteiger partial charge in [0.05, 0.1) is 0 Å². The van der Waals surface area contributed by atoms with Crippen molar-refractivity contribution in [3.63, 3.8) is 0 Å². The van der Waals surface area contributed by atoms with Gasteiger partial charge in [-0.05, 0) is 37.5 Å².